The zero-order chi connectivity index (χ0) is 22.2. The van der Waals surface area contributed by atoms with E-state index >= 15 is 0 Å². The normalized spacial score (nSPS) is 21.9. The van der Waals surface area contributed by atoms with Crippen molar-refractivity contribution in [2.45, 2.75) is 30.2 Å². The van der Waals surface area contributed by atoms with Gasteiger partial charge >= 0.3 is 6.03 Å². The van der Waals surface area contributed by atoms with Crippen molar-refractivity contribution in [3.05, 3.63) is 65.7 Å². The van der Waals surface area contributed by atoms with Gasteiger partial charge < -0.3 is 5.32 Å². The van der Waals surface area contributed by atoms with E-state index in [0.29, 0.717) is 23.7 Å². The van der Waals surface area contributed by atoms with Crippen molar-refractivity contribution in [3.63, 3.8) is 0 Å². The number of carbonyl (C=O) groups is 3. The number of urea groups is 1. The van der Waals surface area contributed by atoms with Gasteiger partial charge in [0.1, 0.15) is 5.54 Å². The highest BCUT2D eigenvalue weighted by molar-refractivity contribution is 7.89. The maximum atomic E-state index is 12.9. The smallest absolute Gasteiger partial charge is 0.318 e. The first-order valence-electron chi connectivity index (χ1n) is 9.87. The summed E-state index contributed by atoms with van der Waals surface area (Å²) in [5, 5.41) is 3.24. The quantitative estimate of drug-likeness (QED) is 0.682. The molecule has 2 aromatic rings. The van der Waals surface area contributed by atoms with Crippen LogP contribution in [0, 0.1) is 0 Å². The molecule has 0 aromatic heterocycles. The molecule has 2 aromatic carbocycles. The second-order valence-corrected chi connectivity index (χ2v) is 9.58. The Morgan fingerprint density at radius 2 is 1.61 bits per heavy atom. The van der Waals surface area contributed by atoms with Crippen molar-refractivity contribution in [1.82, 2.24) is 20.1 Å². The fraction of sp³-hybridized carbons (Fsp3) is 0.286. The van der Waals surface area contributed by atoms with Gasteiger partial charge in [0.2, 0.25) is 10.0 Å². The van der Waals surface area contributed by atoms with E-state index in [1.54, 1.807) is 37.3 Å². The topological polar surface area (TPSA) is 116 Å². The first kappa shape index (κ1) is 21.0. The summed E-state index contributed by atoms with van der Waals surface area (Å²) in [6.07, 6.45) is 1.65. The molecule has 4 rings (SSSR count). The summed E-state index contributed by atoms with van der Waals surface area (Å²) in [5.74, 6) is -1.32. The number of rotatable bonds is 5. The lowest BCUT2D eigenvalue weighted by molar-refractivity contribution is -0.132. The van der Waals surface area contributed by atoms with Crippen LogP contribution in [0.3, 0.4) is 0 Å². The van der Waals surface area contributed by atoms with Crippen molar-refractivity contribution in [2.75, 3.05) is 13.1 Å². The van der Waals surface area contributed by atoms with Crippen LogP contribution in [0.2, 0.25) is 0 Å². The first-order chi connectivity index (χ1) is 14.7. The number of benzene rings is 2. The van der Waals surface area contributed by atoms with E-state index in [2.05, 4.69) is 10.7 Å². The van der Waals surface area contributed by atoms with Crippen LogP contribution < -0.4 is 10.7 Å². The van der Waals surface area contributed by atoms with Gasteiger partial charge in [-0.2, -0.15) is 9.31 Å². The van der Waals surface area contributed by atoms with E-state index in [4.69, 9.17) is 0 Å². The number of amides is 4. The van der Waals surface area contributed by atoms with E-state index in [-0.39, 0.29) is 10.5 Å². The van der Waals surface area contributed by atoms with E-state index in [0.717, 1.165) is 12.8 Å². The molecule has 0 radical (unpaired) electrons. The molecule has 2 aliphatic rings. The standard InChI is InChI=1S/C21H22N4O5S/c1-21(16-7-3-2-4-8-16)19(27)25(20(28)22-21)23-18(26)15-9-11-17(12-10-15)31(29,30)24-13-5-6-14-24/h2-4,7-12H,5-6,13-14H2,1H3,(H,22,28)(H,23,26)/t21-/m0/s1. The summed E-state index contributed by atoms with van der Waals surface area (Å²) < 4.78 is 26.6. The molecule has 4 amide bonds. The third-order valence-corrected chi connectivity index (χ3v) is 7.49. The number of imide groups is 1. The Hall–Kier alpha value is -3.24. The number of hydrogen-bond acceptors (Lipinski definition) is 5. The van der Waals surface area contributed by atoms with Crippen molar-refractivity contribution < 1.29 is 22.8 Å². The monoisotopic (exact) mass is 442 g/mol. The zero-order valence-electron chi connectivity index (χ0n) is 16.9. The lowest BCUT2D eigenvalue weighted by Gasteiger charge is -2.22. The third kappa shape index (κ3) is 3.68. The fourth-order valence-electron chi connectivity index (χ4n) is 3.73. The summed E-state index contributed by atoms with van der Waals surface area (Å²) in [7, 11) is -3.59. The molecule has 0 bridgehead atoms. The highest BCUT2D eigenvalue weighted by Crippen LogP contribution is 2.28. The molecule has 162 valence electrons. The van der Waals surface area contributed by atoms with Gasteiger partial charge in [0.05, 0.1) is 4.90 Å². The average Bonchev–Trinajstić information content (AvgIpc) is 3.39. The summed E-state index contributed by atoms with van der Waals surface area (Å²) >= 11 is 0. The number of nitrogens with one attached hydrogen (secondary N) is 2. The maximum Gasteiger partial charge on any atom is 0.344 e. The molecule has 1 atom stereocenters. The van der Waals surface area contributed by atoms with E-state index < -0.39 is 33.4 Å². The molecule has 0 spiro atoms. The summed E-state index contributed by atoms with van der Waals surface area (Å²) in [4.78, 5) is 38.0. The van der Waals surface area contributed by atoms with Crippen LogP contribution in [0.4, 0.5) is 4.79 Å². The Balaban J connectivity index is 1.49. The van der Waals surface area contributed by atoms with Gasteiger partial charge in [0.15, 0.2) is 0 Å². The van der Waals surface area contributed by atoms with Crippen molar-refractivity contribution >= 4 is 27.9 Å². The minimum absolute atomic E-state index is 0.0950. The number of carbonyl (C=O) groups excluding carboxylic acids is 3. The van der Waals surface area contributed by atoms with Gasteiger partial charge in [-0.3, -0.25) is 15.0 Å². The highest BCUT2D eigenvalue weighted by atomic mass is 32.2. The second-order valence-electron chi connectivity index (χ2n) is 7.64. The minimum Gasteiger partial charge on any atom is -0.318 e. The van der Waals surface area contributed by atoms with Crippen molar-refractivity contribution in [1.29, 1.82) is 0 Å². The SMILES string of the molecule is C[C@@]1(c2ccccc2)NC(=O)N(NC(=O)c2ccc(S(=O)(=O)N3CCCC3)cc2)C1=O. The highest BCUT2D eigenvalue weighted by Gasteiger charge is 2.50. The molecule has 0 saturated carbocycles. The second kappa shape index (κ2) is 7.78. The van der Waals surface area contributed by atoms with Crippen LogP contribution in [0.1, 0.15) is 35.7 Å². The Morgan fingerprint density at radius 3 is 2.23 bits per heavy atom. The minimum atomic E-state index is -3.59. The predicted octanol–water partition coefficient (Wildman–Crippen LogP) is 1.58. The molecule has 31 heavy (non-hydrogen) atoms. The first-order valence-corrected chi connectivity index (χ1v) is 11.3. The van der Waals surface area contributed by atoms with Crippen molar-refractivity contribution in [2.24, 2.45) is 0 Å². The van der Waals surface area contributed by atoms with E-state index in [1.165, 1.54) is 28.6 Å². The molecule has 2 N–H and O–H groups in total. The maximum absolute atomic E-state index is 12.9. The number of hydrazine groups is 1. The molecule has 10 heteroatoms. The van der Waals surface area contributed by atoms with Gasteiger partial charge in [-0.25, -0.2) is 13.2 Å². The lowest BCUT2D eigenvalue weighted by atomic mass is 9.92. The van der Waals surface area contributed by atoms with Crippen LogP contribution in [0.5, 0.6) is 0 Å². The number of nitrogens with zero attached hydrogens (tertiary/aromatic N) is 2. The summed E-state index contributed by atoms with van der Waals surface area (Å²) in [6, 6.07) is 13.4. The summed E-state index contributed by atoms with van der Waals surface area (Å²) in [5.41, 5.74) is 1.70. The molecular formula is C21H22N4O5S. The van der Waals surface area contributed by atoms with Crippen LogP contribution >= 0.6 is 0 Å². The Morgan fingerprint density at radius 1 is 1.00 bits per heavy atom. The third-order valence-electron chi connectivity index (χ3n) is 5.57. The lowest BCUT2D eigenvalue weighted by Crippen LogP contribution is -2.47. The Labute approximate surface area is 180 Å². The zero-order valence-corrected chi connectivity index (χ0v) is 17.7. The molecule has 2 aliphatic heterocycles. The van der Waals surface area contributed by atoms with Gasteiger partial charge in [0, 0.05) is 18.7 Å². The van der Waals surface area contributed by atoms with Crippen LogP contribution in [-0.2, 0) is 20.4 Å². The summed E-state index contributed by atoms with van der Waals surface area (Å²) in [6.45, 7) is 2.53. The van der Waals surface area contributed by atoms with Crippen LogP contribution in [0.15, 0.2) is 59.5 Å². The van der Waals surface area contributed by atoms with Gasteiger partial charge in [0.25, 0.3) is 11.8 Å². The van der Waals surface area contributed by atoms with Crippen molar-refractivity contribution in [3.8, 4) is 0 Å². The molecule has 2 heterocycles. The Kier molecular flexibility index (Phi) is 5.28. The van der Waals surface area contributed by atoms with Crippen LogP contribution in [-0.4, -0.2) is 48.7 Å². The van der Waals surface area contributed by atoms with Gasteiger partial charge in [-0.15, -0.1) is 0 Å². The predicted molar refractivity (Wildman–Crippen MR) is 111 cm³/mol. The largest absolute Gasteiger partial charge is 0.344 e. The molecule has 2 saturated heterocycles. The Bertz CT molecular complexity index is 1130. The van der Waals surface area contributed by atoms with E-state index in [1.807, 2.05) is 0 Å². The van der Waals surface area contributed by atoms with Gasteiger partial charge in [-0.1, -0.05) is 30.3 Å². The van der Waals surface area contributed by atoms with Gasteiger partial charge in [-0.05, 0) is 49.6 Å². The van der Waals surface area contributed by atoms with E-state index in [9.17, 15) is 22.8 Å². The number of hydrogen-bond donors (Lipinski definition) is 2. The molecule has 2 fully saturated rings. The molecule has 0 aliphatic carbocycles. The molecule has 0 unspecified atom stereocenters. The average molecular weight is 442 g/mol. The molecule has 9 nitrogen and oxygen atoms in total. The number of sulfonamides is 1. The van der Waals surface area contributed by atoms with Crippen LogP contribution in [0.25, 0.3) is 0 Å². The fourth-order valence-corrected chi connectivity index (χ4v) is 5.25. The molecular weight excluding hydrogens is 420 g/mol.